The molecule has 1 aromatic rings. The number of likely N-dealkylation sites (tertiary alicyclic amines) is 1. The molecule has 1 unspecified atom stereocenters. The highest BCUT2D eigenvalue weighted by molar-refractivity contribution is 5.34. The summed E-state index contributed by atoms with van der Waals surface area (Å²) in [5.74, 6) is 0.950. The van der Waals surface area contributed by atoms with Crippen molar-refractivity contribution in [3.63, 3.8) is 0 Å². The third kappa shape index (κ3) is 3.17. The normalized spacial score (nSPS) is 21.1. The second-order valence-electron chi connectivity index (χ2n) is 4.91. The minimum absolute atomic E-state index is 0.697. The number of nitrogens with zero attached hydrogens (tertiary/aromatic N) is 3. The van der Waals surface area contributed by atoms with Gasteiger partial charge in [0.2, 0.25) is 0 Å². The summed E-state index contributed by atoms with van der Waals surface area (Å²) in [7, 11) is 6.23. The van der Waals surface area contributed by atoms with Gasteiger partial charge in [0.25, 0.3) is 0 Å². The molecule has 4 nitrogen and oxygen atoms in total. The van der Waals surface area contributed by atoms with Gasteiger partial charge < -0.3 is 10.2 Å². The highest BCUT2D eigenvalue weighted by Crippen LogP contribution is 2.16. The van der Waals surface area contributed by atoms with Crippen LogP contribution in [-0.2, 0) is 6.54 Å². The first-order chi connectivity index (χ1) is 8.19. The second-order valence-corrected chi connectivity index (χ2v) is 4.91. The lowest BCUT2D eigenvalue weighted by Gasteiger charge is -2.20. The molecule has 0 aromatic carbocycles. The van der Waals surface area contributed by atoms with Crippen LogP contribution in [-0.4, -0.2) is 55.1 Å². The summed E-state index contributed by atoms with van der Waals surface area (Å²) in [5, 5.41) is 3.08. The lowest BCUT2D eigenvalue weighted by Crippen LogP contribution is -2.31. The van der Waals surface area contributed by atoms with E-state index in [0.717, 1.165) is 24.6 Å². The smallest absolute Gasteiger partial charge is 0.126 e. The Morgan fingerprint density at radius 2 is 2.29 bits per heavy atom. The van der Waals surface area contributed by atoms with E-state index in [1.54, 1.807) is 0 Å². The Morgan fingerprint density at radius 3 is 2.94 bits per heavy atom. The molecule has 1 saturated heterocycles. The van der Waals surface area contributed by atoms with Crippen molar-refractivity contribution < 1.29 is 0 Å². The molecule has 2 heterocycles. The average molecular weight is 234 g/mol. The van der Waals surface area contributed by atoms with E-state index in [0.29, 0.717) is 6.04 Å². The fourth-order valence-corrected chi connectivity index (χ4v) is 2.31. The molecule has 0 radical (unpaired) electrons. The van der Waals surface area contributed by atoms with Gasteiger partial charge in [-0.25, -0.2) is 4.98 Å². The number of hydrogen-bond donors (Lipinski definition) is 1. The number of pyridine rings is 1. The van der Waals surface area contributed by atoms with Crippen LogP contribution in [0.5, 0.6) is 0 Å². The van der Waals surface area contributed by atoms with Crippen molar-refractivity contribution in [1.82, 2.24) is 14.8 Å². The van der Waals surface area contributed by atoms with Gasteiger partial charge in [0.05, 0.1) is 5.69 Å². The number of hydrogen-bond acceptors (Lipinski definition) is 4. The maximum atomic E-state index is 4.56. The maximum Gasteiger partial charge on any atom is 0.126 e. The molecule has 94 valence electrons. The lowest BCUT2D eigenvalue weighted by molar-refractivity contribution is 0.263. The fraction of sp³-hybridized carbons (Fsp3) is 0.615. The van der Waals surface area contributed by atoms with E-state index in [1.807, 2.05) is 13.1 Å². The van der Waals surface area contributed by atoms with Crippen LogP contribution in [0.4, 0.5) is 5.82 Å². The molecule has 1 aliphatic heterocycles. The van der Waals surface area contributed by atoms with Crippen molar-refractivity contribution in [2.24, 2.45) is 0 Å². The Hall–Kier alpha value is -1.13. The zero-order valence-corrected chi connectivity index (χ0v) is 11.0. The molecular weight excluding hydrogens is 212 g/mol. The van der Waals surface area contributed by atoms with Crippen LogP contribution in [0.1, 0.15) is 12.1 Å². The molecule has 2 rings (SSSR count). The van der Waals surface area contributed by atoms with Crippen molar-refractivity contribution in [3.05, 3.63) is 23.9 Å². The number of nitrogens with one attached hydrogen (secondary N) is 1. The first-order valence-electron chi connectivity index (χ1n) is 6.21. The fourth-order valence-electron chi connectivity index (χ4n) is 2.31. The van der Waals surface area contributed by atoms with Crippen LogP contribution in [0.15, 0.2) is 18.2 Å². The Kier molecular flexibility index (Phi) is 3.97. The highest BCUT2D eigenvalue weighted by atomic mass is 15.2. The van der Waals surface area contributed by atoms with Gasteiger partial charge in [-0.05, 0) is 32.6 Å². The molecule has 1 N–H and O–H groups in total. The molecule has 0 saturated carbocycles. The summed E-state index contributed by atoms with van der Waals surface area (Å²) in [4.78, 5) is 9.35. The number of aromatic nitrogens is 1. The van der Waals surface area contributed by atoms with E-state index >= 15 is 0 Å². The van der Waals surface area contributed by atoms with Crippen LogP contribution >= 0.6 is 0 Å². The Bertz CT molecular complexity index is 364. The summed E-state index contributed by atoms with van der Waals surface area (Å²) in [6, 6.07) is 6.86. The van der Waals surface area contributed by atoms with Crippen molar-refractivity contribution >= 4 is 5.82 Å². The quantitative estimate of drug-likeness (QED) is 0.850. The lowest BCUT2D eigenvalue weighted by atomic mass is 10.2. The Morgan fingerprint density at radius 1 is 1.47 bits per heavy atom. The van der Waals surface area contributed by atoms with Crippen LogP contribution in [0, 0.1) is 0 Å². The first kappa shape index (κ1) is 12.3. The monoisotopic (exact) mass is 234 g/mol. The summed E-state index contributed by atoms with van der Waals surface area (Å²) in [6.45, 7) is 3.28. The van der Waals surface area contributed by atoms with Crippen molar-refractivity contribution in [2.75, 3.05) is 39.5 Å². The molecule has 0 amide bonds. The zero-order chi connectivity index (χ0) is 12.3. The maximum absolute atomic E-state index is 4.56. The Labute approximate surface area is 104 Å². The van der Waals surface area contributed by atoms with Gasteiger partial charge in [-0.15, -0.1) is 0 Å². The van der Waals surface area contributed by atoms with Crippen LogP contribution in [0.25, 0.3) is 0 Å². The third-order valence-electron chi connectivity index (χ3n) is 3.43. The van der Waals surface area contributed by atoms with Crippen molar-refractivity contribution in [2.45, 2.75) is 19.0 Å². The molecule has 17 heavy (non-hydrogen) atoms. The van der Waals surface area contributed by atoms with Gasteiger partial charge in [-0.2, -0.15) is 0 Å². The van der Waals surface area contributed by atoms with Crippen LogP contribution in [0.2, 0.25) is 0 Å². The number of likely N-dealkylation sites (N-methyl/N-ethyl adjacent to an activating group) is 1. The highest BCUT2D eigenvalue weighted by Gasteiger charge is 2.23. The van der Waals surface area contributed by atoms with Gasteiger partial charge in [-0.3, -0.25) is 4.90 Å². The molecular formula is C13H22N4. The van der Waals surface area contributed by atoms with Gasteiger partial charge in [-0.1, -0.05) is 6.07 Å². The van der Waals surface area contributed by atoms with E-state index < -0.39 is 0 Å². The van der Waals surface area contributed by atoms with Crippen molar-refractivity contribution in [1.29, 1.82) is 0 Å². The Balaban J connectivity index is 1.93. The second kappa shape index (κ2) is 5.47. The summed E-state index contributed by atoms with van der Waals surface area (Å²) in [6.07, 6.45) is 1.26. The third-order valence-corrected chi connectivity index (χ3v) is 3.43. The largest absolute Gasteiger partial charge is 0.373 e. The predicted octanol–water partition coefficient (Wildman–Crippen LogP) is 1.26. The zero-order valence-electron chi connectivity index (χ0n) is 11.0. The SMILES string of the molecule is CNc1cccc(CN2CCC(N(C)C)C2)n1. The molecule has 4 heteroatoms. The molecule has 1 fully saturated rings. The molecule has 0 bridgehead atoms. The summed E-state index contributed by atoms with van der Waals surface area (Å²) >= 11 is 0. The van der Waals surface area contributed by atoms with E-state index in [1.165, 1.54) is 13.0 Å². The van der Waals surface area contributed by atoms with Gasteiger partial charge in [0, 0.05) is 32.7 Å². The van der Waals surface area contributed by atoms with Gasteiger partial charge >= 0.3 is 0 Å². The molecule has 1 aliphatic rings. The molecule has 0 spiro atoms. The number of rotatable bonds is 4. The van der Waals surface area contributed by atoms with Gasteiger partial charge in [0.1, 0.15) is 5.82 Å². The molecule has 1 aromatic heterocycles. The summed E-state index contributed by atoms with van der Waals surface area (Å²) < 4.78 is 0. The minimum atomic E-state index is 0.697. The van der Waals surface area contributed by atoms with E-state index in [4.69, 9.17) is 0 Å². The first-order valence-corrected chi connectivity index (χ1v) is 6.21. The standard InChI is InChI=1S/C13H22N4/c1-14-13-6-4-5-11(15-13)9-17-8-7-12(10-17)16(2)3/h4-6,12H,7-10H2,1-3H3,(H,14,15). The predicted molar refractivity (Wildman–Crippen MR) is 71.2 cm³/mol. The molecule has 1 atom stereocenters. The average Bonchev–Trinajstić information content (AvgIpc) is 2.78. The summed E-state index contributed by atoms with van der Waals surface area (Å²) in [5.41, 5.74) is 1.15. The van der Waals surface area contributed by atoms with Crippen molar-refractivity contribution in [3.8, 4) is 0 Å². The van der Waals surface area contributed by atoms with E-state index in [-0.39, 0.29) is 0 Å². The number of anilines is 1. The van der Waals surface area contributed by atoms with Crippen LogP contribution in [0.3, 0.4) is 0 Å². The van der Waals surface area contributed by atoms with Crippen LogP contribution < -0.4 is 5.32 Å². The topological polar surface area (TPSA) is 31.4 Å². The van der Waals surface area contributed by atoms with E-state index in [9.17, 15) is 0 Å². The van der Waals surface area contributed by atoms with E-state index in [2.05, 4.69) is 46.3 Å². The minimum Gasteiger partial charge on any atom is -0.373 e. The molecule has 0 aliphatic carbocycles. The van der Waals surface area contributed by atoms with Gasteiger partial charge in [0.15, 0.2) is 0 Å².